The van der Waals surface area contributed by atoms with E-state index in [9.17, 15) is 0 Å². The lowest BCUT2D eigenvalue weighted by atomic mass is 9.97. The summed E-state index contributed by atoms with van der Waals surface area (Å²) in [5.41, 5.74) is 4.50. The first-order chi connectivity index (χ1) is 7.40. The summed E-state index contributed by atoms with van der Waals surface area (Å²) in [6, 6.07) is 13.2. The molecule has 0 saturated carbocycles. The van der Waals surface area contributed by atoms with Crippen molar-refractivity contribution in [1.29, 1.82) is 0 Å². The van der Waals surface area contributed by atoms with Crippen molar-refractivity contribution < 1.29 is 0 Å². The van der Waals surface area contributed by atoms with E-state index < -0.39 is 0 Å². The molecule has 1 aliphatic rings. The molecule has 0 nitrogen and oxygen atoms in total. The number of hydrogen-bond donors (Lipinski definition) is 0. The Labute approximate surface area is 90.2 Å². The topological polar surface area (TPSA) is 0 Å². The summed E-state index contributed by atoms with van der Waals surface area (Å²) >= 11 is 0. The van der Waals surface area contributed by atoms with E-state index in [1.807, 2.05) is 0 Å². The number of rotatable bonds is 1. The fraction of sp³-hybridized carbons (Fsp3) is 0.200. The summed E-state index contributed by atoms with van der Waals surface area (Å²) < 4.78 is 0. The van der Waals surface area contributed by atoms with Crippen molar-refractivity contribution in [1.82, 2.24) is 0 Å². The number of hydrogen-bond acceptors (Lipinski definition) is 0. The molecule has 2 aromatic rings. The molecule has 2 aromatic carbocycles. The minimum absolute atomic E-state index is 1.11. The average molecular weight is 194 g/mol. The summed E-state index contributed by atoms with van der Waals surface area (Å²) in [6.07, 6.45) is 4.63. The second kappa shape index (κ2) is 3.23. The van der Waals surface area contributed by atoms with E-state index in [4.69, 9.17) is 0 Å². The van der Waals surface area contributed by atoms with E-state index in [1.165, 1.54) is 27.5 Å². The van der Waals surface area contributed by atoms with Gasteiger partial charge in [-0.15, -0.1) is 0 Å². The Hall–Kier alpha value is -1.56. The van der Waals surface area contributed by atoms with Gasteiger partial charge in [0, 0.05) is 0 Å². The first-order valence-corrected chi connectivity index (χ1v) is 5.60. The van der Waals surface area contributed by atoms with Crippen LogP contribution < -0.4 is 0 Å². The summed E-state index contributed by atoms with van der Waals surface area (Å²) in [5, 5.41) is 2.79. The van der Waals surface area contributed by atoms with E-state index in [-0.39, 0.29) is 0 Å². The van der Waals surface area contributed by atoms with E-state index in [1.54, 1.807) is 0 Å². The monoisotopic (exact) mass is 194 g/mol. The van der Waals surface area contributed by atoms with Crippen LogP contribution in [-0.4, -0.2) is 0 Å². The van der Waals surface area contributed by atoms with Crippen molar-refractivity contribution in [2.45, 2.75) is 19.8 Å². The molecule has 74 valence electrons. The smallest absolute Gasteiger partial charge is 0.00792 e. The van der Waals surface area contributed by atoms with E-state index in [0.717, 1.165) is 12.8 Å². The number of allylic oxidation sites excluding steroid dienone is 2. The predicted octanol–water partition coefficient (Wildman–Crippen LogP) is 4.19. The summed E-state index contributed by atoms with van der Waals surface area (Å²) in [5.74, 6) is 0. The van der Waals surface area contributed by atoms with Gasteiger partial charge in [-0.1, -0.05) is 49.4 Å². The van der Waals surface area contributed by atoms with Crippen LogP contribution in [0.2, 0.25) is 0 Å². The predicted molar refractivity (Wildman–Crippen MR) is 65.9 cm³/mol. The van der Waals surface area contributed by atoms with Crippen LogP contribution in [0, 0.1) is 0 Å². The second-order valence-electron chi connectivity index (χ2n) is 4.10. The maximum absolute atomic E-state index is 2.37. The molecule has 1 aliphatic carbocycles. The molecular weight excluding hydrogens is 180 g/mol. The average Bonchev–Trinajstić information content (AvgIpc) is 2.72. The molecule has 0 aliphatic heterocycles. The SMILES string of the molecule is CCC1=CCc2c1ccc1ccccc21. The molecule has 0 spiro atoms. The molecule has 0 radical (unpaired) electrons. The second-order valence-corrected chi connectivity index (χ2v) is 4.10. The molecule has 0 saturated heterocycles. The third-order valence-electron chi connectivity index (χ3n) is 3.32. The lowest BCUT2D eigenvalue weighted by Crippen LogP contribution is -1.86. The molecule has 0 amide bonds. The highest BCUT2D eigenvalue weighted by molar-refractivity contribution is 5.92. The van der Waals surface area contributed by atoms with Crippen molar-refractivity contribution in [2.24, 2.45) is 0 Å². The summed E-state index contributed by atoms with van der Waals surface area (Å²) in [6.45, 7) is 2.23. The zero-order valence-electron chi connectivity index (χ0n) is 8.96. The zero-order valence-corrected chi connectivity index (χ0v) is 8.96. The normalized spacial score (nSPS) is 14.1. The van der Waals surface area contributed by atoms with Gasteiger partial charge >= 0.3 is 0 Å². The molecule has 3 rings (SSSR count). The highest BCUT2D eigenvalue weighted by Crippen LogP contribution is 2.34. The van der Waals surface area contributed by atoms with Crippen LogP contribution in [0.3, 0.4) is 0 Å². The summed E-state index contributed by atoms with van der Waals surface area (Å²) in [7, 11) is 0. The Kier molecular flexibility index (Phi) is 1.88. The van der Waals surface area contributed by atoms with E-state index in [0.29, 0.717) is 0 Å². The van der Waals surface area contributed by atoms with Crippen molar-refractivity contribution >= 4 is 16.3 Å². The minimum atomic E-state index is 1.11. The van der Waals surface area contributed by atoms with Crippen LogP contribution in [0.5, 0.6) is 0 Å². The Morgan fingerprint density at radius 3 is 2.80 bits per heavy atom. The molecule has 0 heterocycles. The van der Waals surface area contributed by atoms with Crippen LogP contribution >= 0.6 is 0 Å². The standard InChI is InChI=1S/C15H14/c1-2-11-7-10-15-13-6-4-3-5-12(13)8-9-14(11)15/h3-9H,2,10H2,1H3. The van der Waals surface area contributed by atoms with Crippen LogP contribution in [0.15, 0.2) is 42.5 Å². The zero-order chi connectivity index (χ0) is 10.3. The lowest BCUT2D eigenvalue weighted by molar-refractivity contribution is 1.25. The number of benzene rings is 2. The quantitative estimate of drug-likeness (QED) is 0.638. The van der Waals surface area contributed by atoms with Gasteiger partial charge in [-0.25, -0.2) is 0 Å². The first-order valence-electron chi connectivity index (χ1n) is 5.60. The van der Waals surface area contributed by atoms with Crippen molar-refractivity contribution in [3.05, 3.63) is 53.6 Å². The lowest BCUT2D eigenvalue weighted by Gasteiger charge is -2.07. The van der Waals surface area contributed by atoms with Gasteiger partial charge in [0.15, 0.2) is 0 Å². The molecule has 0 fully saturated rings. The van der Waals surface area contributed by atoms with Crippen molar-refractivity contribution in [3.63, 3.8) is 0 Å². The first kappa shape index (κ1) is 8.72. The minimum Gasteiger partial charge on any atom is -0.0763 e. The van der Waals surface area contributed by atoms with E-state index >= 15 is 0 Å². The van der Waals surface area contributed by atoms with E-state index in [2.05, 4.69) is 49.4 Å². The molecule has 0 bridgehead atoms. The molecule has 0 heteroatoms. The van der Waals surface area contributed by atoms with Gasteiger partial charge in [0.05, 0.1) is 0 Å². The van der Waals surface area contributed by atoms with Gasteiger partial charge in [0.25, 0.3) is 0 Å². The van der Waals surface area contributed by atoms with Crippen LogP contribution in [0.25, 0.3) is 16.3 Å². The van der Waals surface area contributed by atoms with Crippen LogP contribution in [0.4, 0.5) is 0 Å². The fourth-order valence-electron chi connectivity index (χ4n) is 2.53. The van der Waals surface area contributed by atoms with Gasteiger partial charge in [-0.3, -0.25) is 0 Å². The third kappa shape index (κ3) is 1.21. The molecule has 0 aromatic heterocycles. The van der Waals surface area contributed by atoms with Crippen LogP contribution in [-0.2, 0) is 6.42 Å². The number of fused-ring (bicyclic) bond motifs is 3. The van der Waals surface area contributed by atoms with Gasteiger partial charge in [-0.2, -0.15) is 0 Å². The Balaban J connectivity index is 2.31. The molecule has 15 heavy (non-hydrogen) atoms. The highest BCUT2D eigenvalue weighted by Gasteiger charge is 2.14. The highest BCUT2D eigenvalue weighted by atomic mass is 14.2. The molecule has 0 N–H and O–H groups in total. The third-order valence-corrected chi connectivity index (χ3v) is 3.32. The summed E-state index contributed by atoms with van der Waals surface area (Å²) in [4.78, 5) is 0. The van der Waals surface area contributed by atoms with Gasteiger partial charge in [-0.05, 0) is 40.3 Å². The molecule has 0 atom stereocenters. The molecule has 0 unspecified atom stereocenters. The van der Waals surface area contributed by atoms with Crippen molar-refractivity contribution in [3.8, 4) is 0 Å². The van der Waals surface area contributed by atoms with Crippen LogP contribution in [0.1, 0.15) is 24.5 Å². The molecular formula is C15H14. The Bertz CT molecular complexity index is 547. The fourth-order valence-corrected chi connectivity index (χ4v) is 2.53. The Morgan fingerprint density at radius 2 is 1.93 bits per heavy atom. The van der Waals surface area contributed by atoms with Gasteiger partial charge in [0.1, 0.15) is 0 Å². The van der Waals surface area contributed by atoms with Gasteiger partial charge < -0.3 is 0 Å². The van der Waals surface area contributed by atoms with Crippen molar-refractivity contribution in [2.75, 3.05) is 0 Å². The Morgan fingerprint density at radius 1 is 1.07 bits per heavy atom. The maximum atomic E-state index is 2.37. The maximum Gasteiger partial charge on any atom is -0.00792 e. The largest absolute Gasteiger partial charge is 0.0763 e. The van der Waals surface area contributed by atoms with Gasteiger partial charge in [0.2, 0.25) is 0 Å².